The van der Waals surface area contributed by atoms with E-state index in [4.69, 9.17) is 5.73 Å². The predicted octanol–water partition coefficient (Wildman–Crippen LogP) is 0.642. The lowest BCUT2D eigenvalue weighted by molar-refractivity contribution is 0.833. The van der Waals surface area contributed by atoms with Gasteiger partial charge in [0.15, 0.2) is 0 Å². The summed E-state index contributed by atoms with van der Waals surface area (Å²) in [6.07, 6.45) is 1.82. The van der Waals surface area contributed by atoms with Crippen LogP contribution in [0.15, 0.2) is 22.4 Å². The van der Waals surface area contributed by atoms with Gasteiger partial charge < -0.3 is 11.1 Å². The quantitative estimate of drug-likeness (QED) is 0.355. The Labute approximate surface area is 67.7 Å². The van der Waals surface area contributed by atoms with Crippen LogP contribution in [0.2, 0.25) is 0 Å². The molecule has 0 bridgehead atoms. The monoisotopic (exact) mass is 153 g/mol. The van der Waals surface area contributed by atoms with Crippen LogP contribution in [0.1, 0.15) is 13.8 Å². The second-order valence-electron chi connectivity index (χ2n) is 2.11. The molecule has 0 rings (SSSR count). The van der Waals surface area contributed by atoms with Gasteiger partial charge in [0.25, 0.3) is 0 Å². The average molecular weight is 153 g/mol. The fourth-order valence-corrected chi connectivity index (χ4v) is 0.573. The van der Waals surface area contributed by atoms with Crippen molar-refractivity contribution in [3.05, 3.63) is 17.4 Å². The van der Waals surface area contributed by atoms with Gasteiger partial charge in [0.2, 0.25) is 0 Å². The van der Waals surface area contributed by atoms with Crippen LogP contribution < -0.4 is 11.1 Å². The van der Waals surface area contributed by atoms with Crippen molar-refractivity contribution in [3.63, 3.8) is 0 Å². The van der Waals surface area contributed by atoms with Gasteiger partial charge in [0.1, 0.15) is 5.84 Å². The largest absolute Gasteiger partial charge is 0.383 e. The predicted molar refractivity (Wildman–Crippen MR) is 48.5 cm³/mol. The van der Waals surface area contributed by atoms with Crippen LogP contribution in [0.3, 0.4) is 0 Å². The standard InChI is InChI=1S/C8H15N3/c1-4-5-7(2)8(9)11-6-10-3/h4,10H,6H2,1-3H3,(H2,9,11). The molecule has 3 nitrogen and oxygen atoms in total. The molecule has 11 heavy (non-hydrogen) atoms. The summed E-state index contributed by atoms with van der Waals surface area (Å²) in [4.78, 5) is 4.02. The number of nitrogens with two attached hydrogens (primary N) is 1. The smallest absolute Gasteiger partial charge is 0.130 e. The number of nitrogens with zero attached hydrogens (tertiary/aromatic N) is 1. The van der Waals surface area contributed by atoms with E-state index in [0.717, 1.165) is 5.57 Å². The molecule has 0 saturated heterocycles. The summed E-state index contributed by atoms with van der Waals surface area (Å²) in [5, 5.41) is 2.88. The van der Waals surface area contributed by atoms with Gasteiger partial charge in [-0.25, -0.2) is 0 Å². The van der Waals surface area contributed by atoms with Gasteiger partial charge >= 0.3 is 0 Å². The lowest BCUT2D eigenvalue weighted by Gasteiger charge is -1.96. The normalized spacial score (nSPS) is 10.6. The second kappa shape index (κ2) is 5.71. The van der Waals surface area contributed by atoms with E-state index in [-0.39, 0.29) is 0 Å². The number of hydrogen-bond acceptors (Lipinski definition) is 2. The summed E-state index contributed by atoms with van der Waals surface area (Å²) in [6, 6.07) is 0. The molecule has 0 spiro atoms. The highest BCUT2D eigenvalue weighted by Gasteiger charge is 1.90. The van der Waals surface area contributed by atoms with E-state index in [1.54, 1.807) is 0 Å². The maximum absolute atomic E-state index is 5.58. The van der Waals surface area contributed by atoms with E-state index >= 15 is 0 Å². The summed E-state index contributed by atoms with van der Waals surface area (Å²) in [5.74, 6) is 0.539. The summed E-state index contributed by atoms with van der Waals surface area (Å²) < 4.78 is 0. The minimum absolute atomic E-state index is 0.539. The Morgan fingerprint density at radius 2 is 2.36 bits per heavy atom. The van der Waals surface area contributed by atoms with Crippen LogP contribution in [0.25, 0.3) is 0 Å². The van der Waals surface area contributed by atoms with Crippen molar-refractivity contribution in [3.8, 4) is 0 Å². The molecule has 0 fully saturated rings. The van der Waals surface area contributed by atoms with Gasteiger partial charge in [-0.15, -0.1) is 5.73 Å². The van der Waals surface area contributed by atoms with Gasteiger partial charge in [-0.3, -0.25) is 4.99 Å². The number of hydrogen-bond donors (Lipinski definition) is 2. The van der Waals surface area contributed by atoms with Crippen molar-refractivity contribution in [2.24, 2.45) is 10.7 Å². The van der Waals surface area contributed by atoms with Crippen LogP contribution in [0.5, 0.6) is 0 Å². The molecular formula is C8H15N3. The summed E-state index contributed by atoms with van der Waals surface area (Å²) in [6.45, 7) is 4.33. The molecule has 3 heteroatoms. The fraction of sp³-hybridized carbons (Fsp3) is 0.500. The molecule has 0 atom stereocenters. The second-order valence-corrected chi connectivity index (χ2v) is 2.11. The molecule has 0 radical (unpaired) electrons. The fourth-order valence-electron chi connectivity index (χ4n) is 0.573. The Morgan fingerprint density at radius 3 is 2.82 bits per heavy atom. The van der Waals surface area contributed by atoms with Crippen molar-refractivity contribution < 1.29 is 0 Å². The third-order valence-corrected chi connectivity index (χ3v) is 1.15. The molecule has 0 saturated carbocycles. The van der Waals surface area contributed by atoms with Crippen molar-refractivity contribution in [2.45, 2.75) is 13.8 Å². The Kier molecular flexibility index (Phi) is 5.17. The van der Waals surface area contributed by atoms with Crippen molar-refractivity contribution >= 4 is 5.84 Å². The SMILES string of the molecule is CC=C=C(C)C(N)=NCNC. The highest BCUT2D eigenvalue weighted by atomic mass is 15.0. The van der Waals surface area contributed by atoms with Gasteiger partial charge in [0.05, 0.1) is 6.67 Å². The molecule has 0 amide bonds. The van der Waals surface area contributed by atoms with E-state index in [1.807, 2.05) is 27.0 Å². The van der Waals surface area contributed by atoms with Crippen LogP contribution in [0, 0.1) is 0 Å². The Bertz CT molecular complexity index is 197. The van der Waals surface area contributed by atoms with Gasteiger partial charge in [-0.2, -0.15) is 0 Å². The molecule has 62 valence electrons. The number of nitrogens with one attached hydrogen (secondary N) is 1. The van der Waals surface area contributed by atoms with Gasteiger partial charge in [-0.05, 0) is 27.0 Å². The average Bonchev–Trinajstić information content (AvgIpc) is 2.00. The number of aliphatic imine (C=N–C) groups is 1. The third kappa shape index (κ3) is 4.37. The zero-order chi connectivity index (χ0) is 8.69. The van der Waals surface area contributed by atoms with Gasteiger partial charge in [-0.1, -0.05) is 0 Å². The topological polar surface area (TPSA) is 50.4 Å². The van der Waals surface area contributed by atoms with Crippen LogP contribution in [-0.2, 0) is 0 Å². The maximum atomic E-state index is 5.58. The first kappa shape index (κ1) is 9.95. The molecule has 0 aromatic rings. The van der Waals surface area contributed by atoms with E-state index in [0.29, 0.717) is 12.5 Å². The Hall–Kier alpha value is -1.05. The van der Waals surface area contributed by atoms with Crippen LogP contribution >= 0.6 is 0 Å². The Morgan fingerprint density at radius 1 is 1.73 bits per heavy atom. The first-order chi connectivity index (χ1) is 5.22. The number of amidine groups is 1. The molecule has 3 N–H and O–H groups in total. The molecule has 0 aliphatic carbocycles. The lowest BCUT2D eigenvalue weighted by Crippen LogP contribution is -2.16. The van der Waals surface area contributed by atoms with E-state index < -0.39 is 0 Å². The highest BCUT2D eigenvalue weighted by Crippen LogP contribution is 1.88. The first-order valence-corrected chi connectivity index (χ1v) is 3.55. The molecule has 0 unspecified atom stereocenters. The Balaban J connectivity index is 4.23. The molecule has 0 aliphatic rings. The molecule has 0 aromatic heterocycles. The van der Waals surface area contributed by atoms with Crippen LogP contribution in [0.4, 0.5) is 0 Å². The zero-order valence-corrected chi connectivity index (χ0v) is 7.31. The summed E-state index contributed by atoms with van der Waals surface area (Å²) in [5.41, 5.74) is 9.42. The van der Waals surface area contributed by atoms with Crippen molar-refractivity contribution in [1.29, 1.82) is 0 Å². The highest BCUT2D eigenvalue weighted by molar-refractivity contribution is 5.96. The third-order valence-electron chi connectivity index (χ3n) is 1.15. The minimum Gasteiger partial charge on any atom is -0.383 e. The van der Waals surface area contributed by atoms with Crippen molar-refractivity contribution in [1.82, 2.24) is 5.32 Å². The summed E-state index contributed by atoms with van der Waals surface area (Å²) >= 11 is 0. The summed E-state index contributed by atoms with van der Waals surface area (Å²) in [7, 11) is 1.82. The first-order valence-electron chi connectivity index (χ1n) is 3.55. The molecule has 0 aromatic carbocycles. The maximum Gasteiger partial charge on any atom is 0.130 e. The molecule has 0 aliphatic heterocycles. The minimum atomic E-state index is 0.539. The van der Waals surface area contributed by atoms with Gasteiger partial charge in [0, 0.05) is 5.57 Å². The van der Waals surface area contributed by atoms with Crippen LogP contribution in [-0.4, -0.2) is 19.6 Å². The lowest BCUT2D eigenvalue weighted by atomic mass is 10.3. The van der Waals surface area contributed by atoms with Crippen molar-refractivity contribution in [2.75, 3.05) is 13.7 Å². The zero-order valence-electron chi connectivity index (χ0n) is 7.31. The molecule has 0 heterocycles. The number of rotatable bonds is 3. The van der Waals surface area contributed by atoms with E-state index in [1.165, 1.54) is 0 Å². The van der Waals surface area contributed by atoms with E-state index in [9.17, 15) is 0 Å². The molecular weight excluding hydrogens is 138 g/mol. The van der Waals surface area contributed by atoms with E-state index in [2.05, 4.69) is 16.0 Å².